The number of para-hydroxylation sites is 1. The van der Waals surface area contributed by atoms with Crippen molar-refractivity contribution < 1.29 is 0 Å². The van der Waals surface area contributed by atoms with Gasteiger partial charge in [-0.2, -0.15) is 5.10 Å². The van der Waals surface area contributed by atoms with E-state index in [4.69, 9.17) is 0 Å². The van der Waals surface area contributed by atoms with Crippen molar-refractivity contribution in [2.45, 2.75) is 25.8 Å². The molecule has 0 aliphatic rings. The summed E-state index contributed by atoms with van der Waals surface area (Å²) in [6.07, 6.45) is 1.92. The van der Waals surface area contributed by atoms with Crippen LogP contribution in [0, 0.1) is 0 Å². The molecule has 110 valence electrons. The first-order valence-electron chi connectivity index (χ1n) is 7.20. The minimum absolute atomic E-state index is 0.169. The van der Waals surface area contributed by atoms with Gasteiger partial charge in [-0.3, -0.25) is 4.68 Å². The van der Waals surface area contributed by atoms with Crippen LogP contribution >= 0.6 is 11.5 Å². The minimum atomic E-state index is 0.169. The Kier molecular flexibility index (Phi) is 4.26. The van der Waals surface area contributed by atoms with Crippen LogP contribution in [0.5, 0.6) is 0 Å². The van der Waals surface area contributed by atoms with Crippen molar-refractivity contribution in [3.8, 4) is 0 Å². The average Bonchev–Trinajstić information content (AvgIpc) is 3.13. The van der Waals surface area contributed by atoms with E-state index in [0.29, 0.717) is 0 Å². The number of hydrogen-bond acceptors (Lipinski definition) is 5. The Morgan fingerprint density at radius 2 is 2.19 bits per heavy atom. The molecule has 0 saturated heterocycles. The number of hydrogen-bond donors (Lipinski definition) is 1. The fourth-order valence-electron chi connectivity index (χ4n) is 2.56. The summed E-state index contributed by atoms with van der Waals surface area (Å²) in [7, 11) is 1.99. The maximum Gasteiger partial charge on any atom is 0.0928 e. The summed E-state index contributed by atoms with van der Waals surface area (Å²) in [6.45, 7) is 3.13. The van der Waals surface area contributed by atoms with Crippen LogP contribution < -0.4 is 5.32 Å². The molecule has 21 heavy (non-hydrogen) atoms. The van der Waals surface area contributed by atoms with E-state index in [0.717, 1.165) is 36.3 Å². The Balaban J connectivity index is 1.90. The molecule has 2 aromatic heterocycles. The first-order valence-corrected chi connectivity index (χ1v) is 8.04. The SMILES string of the molecule is CCCNC(Cc1nn(C)c2ccccc12)c1csnn1. The molecule has 1 atom stereocenters. The van der Waals surface area contributed by atoms with Crippen molar-refractivity contribution >= 4 is 22.4 Å². The predicted molar refractivity (Wildman–Crippen MR) is 85.4 cm³/mol. The van der Waals surface area contributed by atoms with E-state index in [1.54, 1.807) is 0 Å². The van der Waals surface area contributed by atoms with Gasteiger partial charge in [0.15, 0.2) is 0 Å². The van der Waals surface area contributed by atoms with Gasteiger partial charge in [0.05, 0.1) is 22.9 Å². The summed E-state index contributed by atoms with van der Waals surface area (Å²) >= 11 is 1.39. The maximum atomic E-state index is 4.68. The van der Waals surface area contributed by atoms with Crippen LogP contribution in [0.15, 0.2) is 29.6 Å². The molecule has 0 aliphatic carbocycles. The molecule has 1 N–H and O–H groups in total. The molecule has 0 fully saturated rings. The van der Waals surface area contributed by atoms with Crippen molar-refractivity contribution in [3.05, 3.63) is 41.0 Å². The van der Waals surface area contributed by atoms with E-state index < -0.39 is 0 Å². The van der Waals surface area contributed by atoms with Gasteiger partial charge in [-0.15, -0.1) is 5.10 Å². The van der Waals surface area contributed by atoms with Gasteiger partial charge in [-0.05, 0) is 30.6 Å². The van der Waals surface area contributed by atoms with E-state index >= 15 is 0 Å². The summed E-state index contributed by atoms with van der Waals surface area (Å²) in [5, 5.41) is 15.7. The fourth-order valence-corrected chi connectivity index (χ4v) is 3.06. The highest BCUT2D eigenvalue weighted by atomic mass is 32.1. The topological polar surface area (TPSA) is 55.6 Å². The molecule has 0 radical (unpaired) electrons. The zero-order valence-corrected chi connectivity index (χ0v) is 13.1. The second kappa shape index (κ2) is 6.32. The normalized spacial score (nSPS) is 12.9. The third kappa shape index (κ3) is 2.96. The predicted octanol–water partition coefficient (Wildman–Crippen LogP) is 2.71. The van der Waals surface area contributed by atoms with Crippen molar-refractivity contribution in [2.24, 2.45) is 7.05 Å². The van der Waals surface area contributed by atoms with Gasteiger partial charge in [0, 0.05) is 24.2 Å². The van der Waals surface area contributed by atoms with Gasteiger partial charge in [0.25, 0.3) is 0 Å². The van der Waals surface area contributed by atoms with Gasteiger partial charge in [0.1, 0.15) is 0 Å². The van der Waals surface area contributed by atoms with E-state index in [9.17, 15) is 0 Å². The van der Waals surface area contributed by atoms with Crippen LogP contribution in [-0.2, 0) is 13.5 Å². The van der Waals surface area contributed by atoms with Gasteiger partial charge < -0.3 is 5.32 Å². The number of aromatic nitrogens is 4. The molecule has 0 saturated carbocycles. The highest BCUT2D eigenvalue weighted by Crippen LogP contribution is 2.23. The van der Waals surface area contributed by atoms with Crippen molar-refractivity contribution in [3.63, 3.8) is 0 Å². The molecule has 0 aliphatic heterocycles. The molecule has 2 heterocycles. The van der Waals surface area contributed by atoms with Gasteiger partial charge in [0.2, 0.25) is 0 Å². The zero-order chi connectivity index (χ0) is 14.7. The lowest BCUT2D eigenvalue weighted by Gasteiger charge is -2.14. The Bertz CT molecular complexity index is 704. The van der Waals surface area contributed by atoms with E-state index in [1.165, 1.54) is 16.9 Å². The second-order valence-corrected chi connectivity index (χ2v) is 5.74. The Hall–Kier alpha value is -1.79. The number of aryl methyl sites for hydroxylation is 1. The molecule has 0 amide bonds. The Morgan fingerprint density at radius 3 is 2.95 bits per heavy atom. The quantitative estimate of drug-likeness (QED) is 0.760. The number of rotatable bonds is 6. The molecule has 0 spiro atoms. The smallest absolute Gasteiger partial charge is 0.0928 e. The lowest BCUT2D eigenvalue weighted by molar-refractivity contribution is 0.510. The summed E-state index contributed by atoms with van der Waals surface area (Å²) in [6, 6.07) is 8.51. The monoisotopic (exact) mass is 301 g/mol. The lowest BCUT2D eigenvalue weighted by Crippen LogP contribution is -2.24. The summed E-state index contributed by atoms with van der Waals surface area (Å²) in [5.74, 6) is 0. The van der Waals surface area contributed by atoms with Gasteiger partial charge in [-0.25, -0.2) is 0 Å². The van der Waals surface area contributed by atoms with Crippen LogP contribution in [0.25, 0.3) is 10.9 Å². The highest BCUT2D eigenvalue weighted by molar-refractivity contribution is 7.03. The fraction of sp³-hybridized carbons (Fsp3) is 0.400. The van der Waals surface area contributed by atoms with Crippen molar-refractivity contribution in [1.82, 2.24) is 24.7 Å². The molecular formula is C15H19N5S. The molecular weight excluding hydrogens is 282 g/mol. The van der Waals surface area contributed by atoms with Crippen LogP contribution in [-0.4, -0.2) is 25.9 Å². The molecule has 3 rings (SSSR count). The molecule has 3 aromatic rings. The molecule has 1 unspecified atom stereocenters. The second-order valence-electron chi connectivity index (χ2n) is 5.13. The van der Waals surface area contributed by atoms with Crippen LogP contribution in [0.1, 0.15) is 30.8 Å². The maximum absolute atomic E-state index is 4.68. The van der Waals surface area contributed by atoms with Gasteiger partial charge in [-0.1, -0.05) is 29.6 Å². The lowest BCUT2D eigenvalue weighted by atomic mass is 10.1. The Morgan fingerprint density at radius 1 is 1.33 bits per heavy atom. The zero-order valence-electron chi connectivity index (χ0n) is 12.3. The highest BCUT2D eigenvalue weighted by Gasteiger charge is 2.18. The standard InChI is InChI=1S/C15H19N5S/c1-3-8-16-13(14-10-21-19-17-14)9-12-11-6-4-5-7-15(11)20(2)18-12/h4-7,10,13,16H,3,8-9H2,1-2H3. The largest absolute Gasteiger partial charge is 0.308 e. The van der Waals surface area contributed by atoms with Crippen LogP contribution in [0.3, 0.4) is 0 Å². The van der Waals surface area contributed by atoms with Crippen LogP contribution in [0.2, 0.25) is 0 Å². The van der Waals surface area contributed by atoms with Crippen molar-refractivity contribution in [2.75, 3.05) is 6.54 Å². The minimum Gasteiger partial charge on any atom is -0.308 e. The summed E-state index contributed by atoms with van der Waals surface area (Å²) < 4.78 is 5.93. The van der Waals surface area contributed by atoms with E-state index in [1.807, 2.05) is 23.2 Å². The van der Waals surface area contributed by atoms with Crippen LogP contribution in [0.4, 0.5) is 0 Å². The third-order valence-electron chi connectivity index (χ3n) is 3.61. The first-order chi connectivity index (χ1) is 10.3. The van der Waals surface area contributed by atoms with E-state index in [2.05, 4.69) is 45.1 Å². The molecule has 6 heteroatoms. The summed E-state index contributed by atoms with van der Waals surface area (Å²) in [4.78, 5) is 0. The van der Waals surface area contributed by atoms with E-state index in [-0.39, 0.29) is 6.04 Å². The summed E-state index contributed by atoms with van der Waals surface area (Å²) in [5.41, 5.74) is 3.27. The molecule has 5 nitrogen and oxygen atoms in total. The Labute approximate surface area is 128 Å². The third-order valence-corrected chi connectivity index (χ3v) is 4.13. The number of benzene rings is 1. The first kappa shape index (κ1) is 14.2. The van der Waals surface area contributed by atoms with Gasteiger partial charge >= 0.3 is 0 Å². The number of fused-ring (bicyclic) bond motifs is 1. The number of nitrogens with one attached hydrogen (secondary N) is 1. The number of nitrogens with zero attached hydrogens (tertiary/aromatic N) is 4. The average molecular weight is 301 g/mol. The molecule has 1 aromatic carbocycles. The van der Waals surface area contributed by atoms with Crippen molar-refractivity contribution in [1.29, 1.82) is 0 Å². The molecule has 0 bridgehead atoms.